The number of aromatic nitrogens is 5. The third kappa shape index (κ3) is 3.82. The van der Waals surface area contributed by atoms with E-state index in [1.807, 2.05) is 0 Å². The molecule has 4 rings (SSSR count). The molecule has 9 nitrogen and oxygen atoms in total. The molecule has 9 heteroatoms. The van der Waals surface area contributed by atoms with Crippen molar-refractivity contribution >= 4 is 17.8 Å². The van der Waals surface area contributed by atoms with E-state index >= 15 is 0 Å². The average molecular weight is 356 g/mol. The normalized spacial score (nSPS) is 18.6. The standard InChI is InChI=1S/C17H24N8O/c18-15-19-11-13(12-20-15)14-21-16(24-5-3-1-2-4-6-24)23-17(22-14)25-7-9-26-10-8-25/h11-12H,1-10H2,(H2,18,19,20). The Labute approximate surface area is 152 Å². The van der Waals surface area contributed by atoms with Crippen LogP contribution in [0.3, 0.4) is 0 Å². The molecule has 138 valence electrons. The van der Waals surface area contributed by atoms with Crippen LogP contribution in [-0.2, 0) is 4.74 Å². The van der Waals surface area contributed by atoms with Gasteiger partial charge in [-0.05, 0) is 12.8 Å². The number of rotatable bonds is 3. The third-order valence-electron chi connectivity index (χ3n) is 4.72. The van der Waals surface area contributed by atoms with E-state index in [4.69, 9.17) is 20.4 Å². The third-order valence-corrected chi connectivity index (χ3v) is 4.72. The molecule has 2 fully saturated rings. The molecular formula is C17H24N8O. The van der Waals surface area contributed by atoms with Gasteiger partial charge in [0, 0.05) is 38.6 Å². The molecule has 0 bridgehead atoms. The fourth-order valence-corrected chi connectivity index (χ4v) is 3.25. The van der Waals surface area contributed by atoms with E-state index in [-0.39, 0.29) is 5.95 Å². The number of nitrogens with two attached hydrogens (primary N) is 1. The maximum Gasteiger partial charge on any atom is 0.230 e. The van der Waals surface area contributed by atoms with Gasteiger partial charge in [0.1, 0.15) is 0 Å². The van der Waals surface area contributed by atoms with E-state index in [1.54, 1.807) is 12.4 Å². The molecule has 0 saturated carbocycles. The molecule has 0 aliphatic carbocycles. The number of nitrogens with zero attached hydrogens (tertiary/aromatic N) is 7. The molecule has 0 spiro atoms. The van der Waals surface area contributed by atoms with Crippen LogP contribution in [0.5, 0.6) is 0 Å². The molecule has 2 aliphatic heterocycles. The van der Waals surface area contributed by atoms with Crippen molar-refractivity contribution < 1.29 is 4.74 Å². The Balaban J connectivity index is 1.71. The second-order valence-electron chi connectivity index (χ2n) is 6.59. The van der Waals surface area contributed by atoms with Gasteiger partial charge >= 0.3 is 0 Å². The second-order valence-corrected chi connectivity index (χ2v) is 6.59. The van der Waals surface area contributed by atoms with E-state index < -0.39 is 0 Å². The minimum Gasteiger partial charge on any atom is -0.378 e. The highest BCUT2D eigenvalue weighted by Gasteiger charge is 2.20. The zero-order chi connectivity index (χ0) is 17.8. The van der Waals surface area contributed by atoms with E-state index in [1.165, 1.54) is 25.7 Å². The molecule has 0 atom stereocenters. The lowest BCUT2D eigenvalue weighted by Crippen LogP contribution is -2.38. The Morgan fingerprint density at radius 3 is 1.96 bits per heavy atom. The van der Waals surface area contributed by atoms with Gasteiger partial charge in [-0.25, -0.2) is 9.97 Å². The molecule has 0 unspecified atom stereocenters. The zero-order valence-corrected chi connectivity index (χ0v) is 14.8. The highest BCUT2D eigenvalue weighted by Crippen LogP contribution is 2.23. The van der Waals surface area contributed by atoms with Crippen molar-refractivity contribution in [1.82, 2.24) is 24.9 Å². The number of morpholine rings is 1. The van der Waals surface area contributed by atoms with Gasteiger partial charge in [0.15, 0.2) is 5.82 Å². The number of hydrogen-bond donors (Lipinski definition) is 1. The van der Waals surface area contributed by atoms with Gasteiger partial charge in [-0.2, -0.15) is 15.0 Å². The van der Waals surface area contributed by atoms with E-state index in [2.05, 4.69) is 24.8 Å². The van der Waals surface area contributed by atoms with Crippen LogP contribution in [0.15, 0.2) is 12.4 Å². The van der Waals surface area contributed by atoms with Gasteiger partial charge in [0.25, 0.3) is 0 Å². The highest BCUT2D eigenvalue weighted by molar-refractivity contribution is 5.57. The van der Waals surface area contributed by atoms with Crippen molar-refractivity contribution in [2.45, 2.75) is 25.7 Å². The molecule has 2 N–H and O–H groups in total. The molecule has 2 aliphatic rings. The number of hydrogen-bond acceptors (Lipinski definition) is 9. The van der Waals surface area contributed by atoms with Gasteiger partial charge in [-0.3, -0.25) is 0 Å². The Hall–Kier alpha value is -2.55. The average Bonchev–Trinajstić information content (AvgIpc) is 2.98. The van der Waals surface area contributed by atoms with Crippen molar-refractivity contribution in [2.24, 2.45) is 0 Å². The molecule has 2 aromatic rings. The lowest BCUT2D eigenvalue weighted by molar-refractivity contribution is 0.122. The van der Waals surface area contributed by atoms with Crippen LogP contribution >= 0.6 is 0 Å². The van der Waals surface area contributed by atoms with Crippen molar-refractivity contribution in [2.75, 3.05) is 54.9 Å². The Morgan fingerprint density at radius 1 is 0.769 bits per heavy atom. The SMILES string of the molecule is Nc1ncc(-c2nc(N3CCCCCC3)nc(N3CCOCC3)n2)cn1. The van der Waals surface area contributed by atoms with Crippen molar-refractivity contribution in [3.63, 3.8) is 0 Å². The smallest absolute Gasteiger partial charge is 0.230 e. The van der Waals surface area contributed by atoms with Gasteiger partial charge < -0.3 is 20.3 Å². The molecule has 26 heavy (non-hydrogen) atoms. The van der Waals surface area contributed by atoms with Crippen LogP contribution in [0, 0.1) is 0 Å². The first-order valence-electron chi connectivity index (χ1n) is 9.21. The summed E-state index contributed by atoms with van der Waals surface area (Å²) in [6.07, 6.45) is 8.17. The number of nitrogen functional groups attached to an aromatic ring is 1. The van der Waals surface area contributed by atoms with Crippen molar-refractivity contribution in [3.05, 3.63) is 12.4 Å². The molecule has 0 aromatic carbocycles. The minimum absolute atomic E-state index is 0.240. The number of ether oxygens (including phenoxy) is 1. The minimum atomic E-state index is 0.240. The summed E-state index contributed by atoms with van der Waals surface area (Å²) in [5.74, 6) is 2.24. The summed E-state index contributed by atoms with van der Waals surface area (Å²) in [6.45, 7) is 4.88. The first-order valence-corrected chi connectivity index (χ1v) is 9.21. The summed E-state index contributed by atoms with van der Waals surface area (Å²) in [5, 5.41) is 0. The van der Waals surface area contributed by atoms with Gasteiger partial charge in [0.2, 0.25) is 17.8 Å². The van der Waals surface area contributed by atoms with Crippen molar-refractivity contribution in [1.29, 1.82) is 0 Å². The van der Waals surface area contributed by atoms with Crippen LogP contribution in [-0.4, -0.2) is 64.3 Å². The second kappa shape index (κ2) is 7.77. The lowest BCUT2D eigenvalue weighted by atomic mass is 10.2. The zero-order valence-electron chi connectivity index (χ0n) is 14.8. The van der Waals surface area contributed by atoms with Crippen LogP contribution in [0.2, 0.25) is 0 Å². The first kappa shape index (κ1) is 16.9. The quantitative estimate of drug-likeness (QED) is 0.866. The maximum absolute atomic E-state index is 5.61. The van der Waals surface area contributed by atoms with Crippen molar-refractivity contribution in [3.8, 4) is 11.4 Å². The monoisotopic (exact) mass is 356 g/mol. The predicted octanol–water partition coefficient (Wildman–Crippen LogP) is 1.13. The topological polar surface area (TPSA) is 106 Å². The Morgan fingerprint density at radius 2 is 1.35 bits per heavy atom. The van der Waals surface area contributed by atoms with Gasteiger partial charge in [0.05, 0.1) is 18.8 Å². The summed E-state index contributed by atoms with van der Waals surface area (Å²) in [5.41, 5.74) is 6.35. The highest BCUT2D eigenvalue weighted by atomic mass is 16.5. The lowest BCUT2D eigenvalue weighted by Gasteiger charge is -2.28. The summed E-state index contributed by atoms with van der Waals surface area (Å²) in [6, 6.07) is 0. The Kier molecular flexibility index (Phi) is 5.05. The predicted molar refractivity (Wildman–Crippen MR) is 99.0 cm³/mol. The first-order chi connectivity index (χ1) is 12.8. The van der Waals surface area contributed by atoms with Crippen LogP contribution in [0.4, 0.5) is 17.8 Å². The van der Waals surface area contributed by atoms with Crippen LogP contribution in [0.25, 0.3) is 11.4 Å². The summed E-state index contributed by atoms with van der Waals surface area (Å²) in [4.78, 5) is 26.7. The van der Waals surface area contributed by atoms with Gasteiger partial charge in [-0.15, -0.1) is 0 Å². The molecule has 0 amide bonds. The molecule has 2 saturated heterocycles. The molecular weight excluding hydrogens is 332 g/mol. The maximum atomic E-state index is 5.61. The summed E-state index contributed by atoms with van der Waals surface area (Å²) in [7, 11) is 0. The van der Waals surface area contributed by atoms with E-state index in [9.17, 15) is 0 Å². The molecule has 2 aromatic heterocycles. The van der Waals surface area contributed by atoms with E-state index in [0.717, 1.165) is 37.7 Å². The number of anilines is 3. The molecule has 0 radical (unpaired) electrons. The fourth-order valence-electron chi connectivity index (χ4n) is 3.25. The summed E-state index contributed by atoms with van der Waals surface area (Å²) >= 11 is 0. The largest absolute Gasteiger partial charge is 0.378 e. The fraction of sp³-hybridized carbons (Fsp3) is 0.588. The van der Waals surface area contributed by atoms with Crippen LogP contribution < -0.4 is 15.5 Å². The summed E-state index contributed by atoms with van der Waals surface area (Å²) < 4.78 is 5.46. The Bertz CT molecular complexity index is 724. The van der Waals surface area contributed by atoms with E-state index in [0.29, 0.717) is 25.0 Å². The van der Waals surface area contributed by atoms with Gasteiger partial charge in [-0.1, -0.05) is 12.8 Å². The van der Waals surface area contributed by atoms with Crippen LogP contribution in [0.1, 0.15) is 25.7 Å². The molecule has 4 heterocycles.